The summed E-state index contributed by atoms with van der Waals surface area (Å²) in [6.45, 7) is 6.36. The molecular formula is C16H22O2. The Morgan fingerprint density at radius 1 is 1.28 bits per heavy atom. The molecule has 1 aromatic carbocycles. The number of hydrogen-bond acceptors (Lipinski definition) is 2. The van der Waals surface area contributed by atoms with Crippen molar-refractivity contribution in [1.82, 2.24) is 0 Å². The maximum atomic E-state index is 11.6. The number of carbonyl (C=O) groups is 1. The number of hydrogen-bond donors (Lipinski definition) is 0. The minimum absolute atomic E-state index is 0.119. The molecule has 0 radical (unpaired) electrons. The highest BCUT2D eigenvalue weighted by atomic mass is 16.5. The van der Waals surface area contributed by atoms with Crippen molar-refractivity contribution >= 4 is 6.29 Å². The van der Waals surface area contributed by atoms with Crippen LogP contribution in [0.15, 0.2) is 18.2 Å². The second-order valence-electron chi connectivity index (χ2n) is 5.92. The van der Waals surface area contributed by atoms with Gasteiger partial charge in [0, 0.05) is 16.4 Å². The molecule has 0 bridgehead atoms. The molecule has 98 valence electrons. The van der Waals surface area contributed by atoms with Crippen LogP contribution in [0.4, 0.5) is 0 Å². The topological polar surface area (TPSA) is 26.3 Å². The van der Waals surface area contributed by atoms with Crippen molar-refractivity contribution in [2.75, 3.05) is 7.11 Å². The van der Waals surface area contributed by atoms with E-state index in [-0.39, 0.29) is 10.8 Å². The van der Waals surface area contributed by atoms with Crippen LogP contribution >= 0.6 is 0 Å². The summed E-state index contributed by atoms with van der Waals surface area (Å²) >= 11 is 0. The highest BCUT2D eigenvalue weighted by Crippen LogP contribution is 2.54. The van der Waals surface area contributed by atoms with Gasteiger partial charge in [-0.05, 0) is 25.8 Å². The second-order valence-corrected chi connectivity index (χ2v) is 5.92. The quantitative estimate of drug-likeness (QED) is 0.761. The summed E-state index contributed by atoms with van der Waals surface area (Å²) in [5, 5.41) is 0. The monoisotopic (exact) mass is 246 g/mol. The van der Waals surface area contributed by atoms with E-state index in [2.05, 4.69) is 32.9 Å². The Morgan fingerprint density at radius 2 is 2.00 bits per heavy atom. The summed E-state index contributed by atoms with van der Waals surface area (Å²) in [7, 11) is 1.70. The van der Waals surface area contributed by atoms with Crippen molar-refractivity contribution in [3.63, 3.8) is 0 Å². The van der Waals surface area contributed by atoms with Crippen LogP contribution in [0.2, 0.25) is 0 Å². The fraction of sp³-hybridized carbons (Fsp3) is 0.562. The molecule has 1 aromatic rings. The lowest BCUT2D eigenvalue weighted by atomic mass is 9.64. The van der Waals surface area contributed by atoms with E-state index in [1.807, 2.05) is 6.07 Å². The summed E-state index contributed by atoms with van der Waals surface area (Å²) in [6.07, 6.45) is 4.25. The Labute approximate surface area is 109 Å². The Kier molecular flexibility index (Phi) is 3.22. The lowest BCUT2D eigenvalue weighted by Gasteiger charge is -2.38. The van der Waals surface area contributed by atoms with Crippen molar-refractivity contribution in [2.24, 2.45) is 5.41 Å². The molecule has 1 aliphatic carbocycles. The Balaban J connectivity index is 2.59. The van der Waals surface area contributed by atoms with Gasteiger partial charge in [-0.3, -0.25) is 0 Å². The summed E-state index contributed by atoms with van der Waals surface area (Å²) in [4.78, 5) is 11.6. The van der Waals surface area contributed by atoms with Gasteiger partial charge in [-0.2, -0.15) is 0 Å². The number of rotatable bonds is 3. The van der Waals surface area contributed by atoms with Crippen molar-refractivity contribution in [3.8, 4) is 5.75 Å². The normalized spacial score (nSPS) is 31.3. The third-order valence-corrected chi connectivity index (χ3v) is 4.84. The number of methoxy groups -OCH3 is 1. The average Bonchev–Trinajstić information content (AvgIpc) is 2.67. The molecule has 1 aliphatic rings. The molecule has 1 saturated carbocycles. The number of ether oxygens (including phenoxy) is 1. The van der Waals surface area contributed by atoms with Crippen LogP contribution in [0.5, 0.6) is 5.75 Å². The number of aryl methyl sites for hydroxylation is 1. The number of benzene rings is 1. The van der Waals surface area contributed by atoms with Crippen molar-refractivity contribution in [2.45, 2.75) is 45.4 Å². The van der Waals surface area contributed by atoms with Crippen LogP contribution < -0.4 is 4.74 Å². The van der Waals surface area contributed by atoms with Gasteiger partial charge >= 0.3 is 0 Å². The highest BCUT2D eigenvalue weighted by Gasteiger charge is 2.50. The molecule has 0 amide bonds. The van der Waals surface area contributed by atoms with E-state index in [0.717, 1.165) is 31.3 Å². The van der Waals surface area contributed by atoms with Crippen LogP contribution in [0.1, 0.15) is 44.2 Å². The van der Waals surface area contributed by atoms with E-state index in [4.69, 9.17) is 4.74 Å². The first-order valence-electron chi connectivity index (χ1n) is 6.58. The molecule has 2 atom stereocenters. The Hall–Kier alpha value is -1.31. The average molecular weight is 246 g/mol. The largest absolute Gasteiger partial charge is 0.496 e. The van der Waals surface area contributed by atoms with Crippen molar-refractivity contribution in [1.29, 1.82) is 0 Å². The molecule has 0 heterocycles. The minimum Gasteiger partial charge on any atom is -0.496 e. The second kappa shape index (κ2) is 4.42. The molecule has 0 unspecified atom stereocenters. The fourth-order valence-corrected chi connectivity index (χ4v) is 3.25. The van der Waals surface area contributed by atoms with Crippen molar-refractivity contribution < 1.29 is 9.53 Å². The lowest BCUT2D eigenvalue weighted by Crippen LogP contribution is -2.38. The zero-order valence-electron chi connectivity index (χ0n) is 11.7. The van der Waals surface area contributed by atoms with Gasteiger partial charge in [0.2, 0.25) is 0 Å². The predicted octanol–water partition coefficient (Wildman–Crippen LogP) is 3.65. The molecule has 0 saturated heterocycles. The molecule has 18 heavy (non-hydrogen) atoms. The summed E-state index contributed by atoms with van der Waals surface area (Å²) in [6, 6.07) is 6.24. The standard InChI is InChI=1S/C16H22O2/c1-12-6-7-14(18-4)13(10-12)16(3)9-5-8-15(16,2)11-17/h6-7,10-11H,5,8-9H2,1-4H3/t15-,16+/m0/s1. The molecule has 1 fully saturated rings. The molecule has 0 N–H and O–H groups in total. The molecule has 0 aromatic heterocycles. The van der Waals surface area contributed by atoms with E-state index in [0.29, 0.717) is 0 Å². The molecule has 2 nitrogen and oxygen atoms in total. The van der Waals surface area contributed by atoms with Crippen molar-refractivity contribution in [3.05, 3.63) is 29.3 Å². The smallest absolute Gasteiger partial charge is 0.126 e. The van der Waals surface area contributed by atoms with Gasteiger partial charge in [0.05, 0.1) is 7.11 Å². The van der Waals surface area contributed by atoms with Crippen LogP contribution in [-0.4, -0.2) is 13.4 Å². The summed E-state index contributed by atoms with van der Waals surface area (Å²) < 4.78 is 5.50. The van der Waals surface area contributed by atoms with E-state index < -0.39 is 0 Å². The number of carbonyl (C=O) groups excluding carboxylic acids is 1. The van der Waals surface area contributed by atoms with E-state index in [9.17, 15) is 4.79 Å². The minimum atomic E-state index is -0.284. The van der Waals surface area contributed by atoms with Gasteiger partial charge in [-0.15, -0.1) is 0 Å². The van der Waals surface area contributed by atoms with Crippen LogP contribution in [0.25, 0.3) is 0 Å². The molecule has 0 aliphatic heterocycles. The molecular weight excluding hydrogens is 224 g/mol. The number of aldehydes is 1. The van der Waals surface area contributed by atoms with Gasteiger partial charge < -0.3 is 9.53 Å². The van der Waals surface area contributed by atoms with E-state index in [1.54, 1.807) is 7.11 Å². The Morgan fingerprint density at radius 3 is 2.61 bits per heavy atom. The van der Waals surface area contributed by atoms with Gasteiger partial charge in [0.25, 0.3) is 0 Å². The van der Waals surface area contributed by atoms with Gasteiger partial charge in [-0.25, -0.2) is 0 Å². The van der Waals surface area contributed by atoms with E-state index >= 15 is 0 Å². The maximum absolute atomic E-state index is 11.6. The molecule has 0 spiro atoms. The predicted molar refractivity (Wildman–Crippen MR) is 73.1 cm³/mol. The summed E-state index contributed by atoms with van der Waals surface area (Å²) in [5.74, 6) is 0.901. The molecule has 2 rings (SSSR count). The first-order chi connectivity index (χ1) is 8.47. The maximum Gasteiger partial charge on any atom is 0.126 e. The third kappa shape index (κ3) is 1.75. The van der Waals surface area contributed by atoms with Gasteiger partial charge in [0.1, 0.15) is 12.0 Å². The third-order valence-electron chi connectivity index (χ3n) is 4.84. The Bertz CT molecular complexity index is 466. The first-order valence-corrected chi connectivity index (χ1v) is 6.58. The van der Waals surface area contributed by atoms with Crippen LogP contribution in [-0.2, 0) is 10.2 Å². The summed E-state index contributed by atoms with van der Waals surface area (Å²) in [5.41, 5.74) is 1.99. The van der Waals surface area contributed by atoms with E-state index in [1.165, 1.54) is 11.1 Å². The van der Waals surface area contributed by atoms with Crippen LogP contribution in [0.3, 0.4) is 0 Å². The zero-order chi connectivity index (χ0) is 13.4. The molecule has 2 heteroatoms. The van der Waals surface area contributed by atoms with Crippen LogP contribution in [0, 0.1) is 12.3 Å². The van der Waals surface area contributed by atoms with Gasteiger partial charge in [0.15, 0.2) is 0 Å². The lowest BCUT2D eigenvalue weighted by molar-refractivity contribution is -0.117. The SMILES string of the molecule is COc1ccc(C)cc1[C@@]1(C)CCC[C@@]1(C)C=O. The zero-order valence-corrected chi connectivity index (χ0v) is 11.7. The fourth-order valence-electron chi connectivity index (χ4n) is 3.25. The highest BCUT2D eigenvalue weighted by molar-refractivity contribution is 5.65. The first kappa shape index (κ1) is 13.1. The van der Waals surface area contributed by atoms with Gasteiger partial charge in [-0.1, -0.05) is 38.0 Å².